The minimum absolute atomic E-state index is 0.292. The van der Waals surface area contributed by atoms with Gasteiger partial charge >= 0.3 is 0 Å². The molecular weight excluding hydrogens is 189 g/mol. The summed E-state index contributed by atoms with van der Waals surface area (Å²) in [4.78, 5) is 4.06. The molecular formula is C10H7ClFN. The minimum atomic E-state index is -0.292. The number of halogens is 2. The van der Waals surface area contributed by atoms with Gasteiger partial charge in [-0.3, -0.25) is 0 Å². The van der Waals surface area contributed by atoms with Crippen LogP contribution in [0.5, 0.6) is 0 Å². The quantitative estimate of drug-likeness (QED) is 0.588. The Morgan fingerprint density at radius 3 is 2.85 bits per heavy atom. The Morgan fingerprint density at radius 1 is 1.31 bits per heavy atom. The van der Waals surface area contributed by atoms with Gasteiger partial charge in [-0.2, -0.15) is 0 Å². The molecule has 0 unspecified atom stereocenters. The van der Waals surface area contributed by atoms with Crippen molar-refractivity contribution in [1.29, 1.82) is 0 Å². The third kappa shape index (κ3) is 1.49. The first kappa shape index (κ1) is 8.45. The zero-order valence-electron chi connectivity index (χ0n) is 7.01. The van der Waals surface area contributed by atoms with Crippen molar-refractivity contribution in [2.24, 2.45) is 0 Å². The van der Waals surface area contributed by atoms with Gasteiger partial charge in [0.25, 0.3) is 0 Å². The van der Waals surface area contributed by atoms with Gasteiger partial charge in [-0.25, -0.2) is 9.37 Å². The molecule has 0 saturated carbocycles. The van der Waals surface area contributed by atoms with E-state index in [1.165, 1.54) is 12.1 Å². The van der Waals surface area contributed by atoms with E-state index in [1.54, 1.807) is 6.07 Å². The third-order valence-electron chi connectivity index (χ3n) is 1.91. The fraction of sp³-hybridized carbons (Fsp3) is 0.100. The highest BCUT2D eigenvalue weighted by atomic mass is 35.5. The molecule has 0 radical (unpaired) electrons. The van der Waals surface area contributed by atoms with Crippen LogP contribution < -0.4 is 0 Å². The van der Waals surface area contributed by atoms with Gasteiger partial charge in [0.05, 0.1) is 5.52 Å². The van der Waals surface area contributed by atoms with Crippen molar-refractivity contribution in [3.8, 4) is 0 Å². The first-order valence-corrected chi connectivity index (χ1v) is 4.27. The van der Waals surface area contributed by atoms with E-state index in [0.29, 0.717) is 10.7 Å². The lowest BCUT2D eigenvalue weighted by Gasteiger charge is -2.00. The Hall–Kier alpha value is -1.15. The van der Waals surface area contributed by atoms with Crippen LogP contribution in [-0.2, 0) is 0 Å². The zero-order valence-corrected chi connectivity index (χ0v) is 7.77. The second kappa shape index (κ2) is 2.96. The fourth-order valence-corrected chi connectivity index (χ4v) is 1.37. The van der Waals surface area contributed by atoms with Crippen LogP contribution in [0, 0.1) is 12.7 Å². The maximum Gasteiger partial charge on any atom is 0.132 e. The number of hydrogen-bond acceptors (Lipinski definition) is 1. The summed E-state index contributed by atoms with van der Waals surface area (Å²) >= 11 is 5.81. The predicted molar refractivity (Wildman–Crippen MR) is 51.4 cm³/mol. The molecule has 66 valence electrons. The highest BCUT2D eigenvalue weighted by Gasteiger charge is 2.01. The van der Waals surface area contributed by atoms with E-state index in [-0.39, 0.29) is 5.82 Å². The monoisotopic (exact) mass is 195 g/mol. The average molecular weight is 196 g/mol. The topological polar surface area (TPSA) is 12.9 Å². The molecule has 3 heteroatoms. The highest BCUT2D eigenvalue weighted by molar-refractivity contribution is 6.30. The molecule has 0 N–H and O–H groups in total. The van der Waals surface area contributed by atoms with Crippen LogP contribution >= 0.6 is 11.6 Å². The summed E-state index contributed by atoms with van der Waals surface area (Å²) in [5.41, 5.74) is 1.50. The number of pyridine rings is 1. The Kier molecular flexibility index (Phi) is 1.93. The summed E-state index contributed by atoms with van der Waals surface area (Å²) < 4.78 is 12.8. The Balaban J connectivity index is 2.81. The molecule has 0 aliphatic carbocycles. The molecule has 0 spiro atoms. The van der Waals surface area contributed by atoms with Crippen molar-refractivity contribution in [1.82, 2.24) is 4.98 Å². The Morgan fingerprint density at radius 2 is 2.08 bits per heavy atom. The van der Waals surface area contributed by atoms with Gasteiger partial charge in [0.2, 0.25) is 0 Å². The van der Waals surface area contributed by atoms with Crippen molar-refractivity contribution < 1.29 is 4.39 Å². The van der Waals surface area contributed by atoms with Gasteiger partial charge in [0.15, 0.2) is 0 Å². The van der Waals surface area contributed by atoms with Crippen LogP contribution in [0.25, 0.3) is 10.9 Å². The first-order valence-electron chi connectivity index (χ1n) is 3.89. The largest absolute Gasteiger partial charge is 0.236 e. The van der Waals surface area contributed by atoms with Crippen molar-refractivity contribution in [2.45, 2.75) is 6.92 Å². The molecule has 1 heterocycles. The summed E-state index contributed by atoms with van der Waals surface area (Å²) in [7, 11) is 0. The van der Waals surface area contributed by atoms with Gasteiger partial charge in [-0.15, -0.1) is 0 Å². The van der Waals surface area contributed by atoms with E-state index in [2.05, 4.69) is 4.98 Å². The zero-order chi connectivity index (χ0) is 9.42. The number of fused-ring (bicyclic) bond motifs is 1. The lowest BCUT2D eigenvalue weighted by Crippen LogP contribution is -1.85. The molecule has 0 amide bonds. The SMILES string of the molecule is Cc1cc2ccc(F)cc2nc1Cl. The van der Waals surface area contributed by atoms with Crippen molar-refractivity contribution in [2.75, 3.05) is 0 Å². The van der Waals surface area contributed by atoms with Crippen molar-refractivity contribution in [3.63, 3.8) is 0 Å². The van der Waals surface area contributed by atoms with Gasteiger partial charge < -0.3 is 0 Å². The fourth-order valence-electron chi connectivity index (χ4n) is 1.22. The van der Waals surface area contributed by atoms with E-state index in [4.69, 9.17) is 11.6 Å². The van der Waals surface area contributed by atoms with Gasteiger partial charge in [-0.1, -0.05) is 11.6 Å². The number of rotatable bonds is 0. The maximum atomic E-state index is 12.8. The van der Waals surface area contributed by atoms with Crippen LogP contribution in [-0.4, -0.2) is 4.98 Å². The average Bonchev–Trinajstić information content (AvgIpc) is 2.08. The second-order valence-corrected chi connectivity index (χ2v) is 3.29. The molecule has 1 aromatic heterocycles. The first-order chi connectivity index (χ1) is 6.16. The van der Waals surface area contributed by atoms with E-state index >= 15 is 0 Å². The van der Waals surface area contributed by atoms with Crippen molar-refractivity contribution >= 4 is 22.5 Å². The summed E-state index contributed by atoms with van der Waals surface area (Å²) in [5.74, 6) is -0.292. The number of hydrogen-bond donors (Lipinski definition) is 0. The number of aryl methyl sites for hydroxylation is 1. The maximum absolute atomic E-state index is 12.8. The number of benzene rings is 1. The lowest BCUT2D eigenvalue weighted by molar-refractivity contribution is 0.629. The molecule has 0 atom stereocenters. The van der Waals surface area contributed by atoms with Crippen LogP contribution in [0.2, 0.25) is 5.15 Å². The summed E-state index contributed by atoms with van der Waals surface area (Å²) in [6.45, 7) is 1.87. The smallest absolute Gasteiger partial charge is 0.132 e. The number of aromatic nitrogens is 1. The molecule has 0 fully saturated rings. The van der Waals surface area contributed by atoms with E-state index in [1.807, 2.05) is 13.0 Å². The Labute approximate surface area is 80.2 Å². The van der Waals surface area contributed by atoms with Crippen LogP contribution in [0.4, 0.5) is 4.39 Å². The molecule has 2 aromatic rings. The van der Waals surface area contributed by atoms with Gasteiger partial charge in [-0.05, 0) is 30.7 Å². The molecule has 0 bridgehead atoms. The van der Waals surface area contributed by atoms with E-state index < -0.39 is 0 Å². The van der Waals surface area contributed by atoms with Crippen LogP contribution in [0.3, 0.4) is 0 Å². The van der Waals surface area contributed by atoms with E-state index in [9.17, 15) is 4.39 Å². The number of nitrogens with zero attached hydrogens (tertiary/aromatic N) is 1. The molecule has 1 nitrogen and oxygen atoms in total. The van der Waals surface area contributed by atoms with Crippen LogP contribution in [0.1, 0.15) is 5.56 Å². The minimum Gasteiger partial charge on any atom is -0.236 e. The molecule has 0 aliphatic rings. The normalized spacial score (nSPS) is 10.7. The molecule has 0 aliphatic heterocycles. The highest BCUT2D eigenvalue weighted by Crippen LogP contribution is 2.20. The summed E-state index contributed by atoms with van der Waals surface area (Å²) in [6.07, 6.45) is 0. The van der Waals surface area contributed by atoms with Gasteiger partial charge in [0.1, 0.15) is 11.0 Å². The molecule has 13 heavy (non-hydrogen) atoms. The predicted octanol–water partition coefficient (Wildman–Crippen LogP) is 3.34. The molecule has 1 aromatic carbocycles. The van der Waals surface area contributed by atoms with Gasteiger partial charge in [0, 0.05) is 11.5 Å². The van der Waals surface area contributed by atoms with Crippen molar-refractivity contribution in [3.05, 3.63) is 40.8 Å². The Bertz CT molecular complexity index is 468. The third-order valence-corrected chi connectivity index (χ3v) is 2.29. The second-order valence-electron chi connectivity index (χ2n) is 2.93. The lowest BCUT2D eigenvalue weighted by atomic mass is 10.2. The summed E-state index contributed by atoms with van der Waals surface area (Å²) in [5, 5.41) is 1.33. The van der Waals surface area contributed by atoms with Crippen LogP contribution in [0.15, 0.2) is 24.3 Å². The molecule has 2 rings (SSSR count). The standard InChI is InChI=1S/C10H7ClFN/c1-6-4-7-2-3-8(12)5-9(7)13-10(6)11/h2-5H,1H3. The molecule has 0 saturated heterocycles. The summed E-state index contributed by atoms with van der Waals surface area (Å²) in [6, 6.07) is 6.38. The van der Waals surface area contributed by atoms with E-state index in [0.717, 1.165) is 10.9 Å².